The number of aryl methyl sites for hydroxylation is 2. The molecule has 2 heterocycles. The number of hydrazine groups is 1. The number of hydrogen-bond donors (Lipinski definition) is 1. The minimum atomic E-state index is -2.37. The van der Waals surface area contributed by atoms with Gasteiger partial charge in [0.05, 0.1) is 29.2 Å². The normalized spacial score (nSPS) is 14.2. The van der Waals surface area contributed by atoms with Crippen LogP contribution in [0.2, 0.25) is 0 Å². The van der Waals surface area contributed by atoms with Crippen molar-refractivity contribution < 1.29 is 22.8 Å². The number of carbonyl (C=O) groups excluding carboxylic acids is 2. The topological polar surface area (TPSA) is 97.3 Å². The Balaban J connectivity index is 1.43. The molecule has 0 spiro atoms. The second-order valence-corrected chi connectivity index (χ2v) is 10.3. The number of nitrogens with zero attached hydrogens (tertiary/aromatic N) is 5. The third kappa shape index (κ3) is 4.88. The highest BCUT2D eigenvalue weighted by Crippen LogP contribution is 2.54. The maximum atomic E-state index is 15.1. The summed E-state index contributed by atoms with van der Waals surface area (Å²) in [6.07, 6.45) is 0.851. The maximum absolute atomic E-state index is 15.1. The third-order valence-electron chi connectivity index (χ3n) is 7.71. The molecule has 11 heteroatoms. The number of anilines is 1. The summed E-state index contributed by atoms with van der Waals surface area (Å²) in [5, 5.41) is 7.86. The van der Waals surface area contributed by atoms with Crippen LogP contribution in [0.3, 0.4) is 0 Å². The molecule has 0 bridgehead atoms. The van der Waals surface area contributed by atoms with E-state index in [2.05, 4.69) is 10.1 Å². The monoisotopic (exact) mass is 538 g/mol. The molecule has 39 heavy (non-hydrogen) atoms. The van der Waals surface area contributed by atoms with E-state index in [0.717, 1.165) is 5.01 Å². The molecule has 1 saturated carbocycles. The fourth-order valence-electron chi connectivity index (χ4n) is 4.89. The molecule has 2 aromatic carbocycles. The predicted octanol–water partition coefficient (Wildman–Crippen LogP) is 4.86. The van der Waals surface area contributed by atoms with Crippen LogP contribution in [0.1, 0.15) is 47.7 Å². The van der Waals surface area contributed by atoms with Crippen molar-refractivity contribution in [3.63, 3.8) is 0 Å². The van der Waals surface area contributed by atoms with Crippen LogP contribution in [-0.2, 0) is 24.8 Å². The van der Waals surface area contributed by atoms with Crippen LogP contribution in [0.15, 0.2) is 42.6 Å². The zero-order valence-electron chi connectivity index (χ0n) is 21.9. The lowest BCUT2D eigenvalue weighted by Gasteiger charge is -2.31. The van der Waals surface area contributed by atoms with Gasteiger partial charge in [-0.15, -0.1) is 0 Å². The van der Waals surface area contributed by atoms with Gasteiger partial charge < -0.3 is 5.73 Å². The first-order chi connectivity index (χ1) is 18.5. The highest BCUT2D eigenvalue weighted by atomic mass is 19.3. The van der Waals surface area contributed by atoms with Crippen molar-refractivity contribution >= 4 is 39.4 Å². The first kappa shape index (κ1) is 26.5. The summed E-state index contributed by atoms with van der Waals surface area (Å²) in [4.78, 5) is 30.4. The summed E-state index contributed by atoms with van der Waals surface area (Å²) in [6, 6.07) is 9.44. The number of alkyl halides is 2. The Morgan fingerprint density at radius 3 is 2.54 bits per heavy atom. The Morgan fingerprint density at radius 1 is 1.15 bits per heavy atom. The molecule has 0 aliphatic heterocycles. The van der Waals surface area contributed by atoms with E-state index in [1.165, 1.54) is 31.1 Å². The van der Waals surface area contributed by atoms with Crippen LogP contribution < -0.4 is 5.73 Å². The van der Waals surface area contributed by atoms with Crippen LogP contribution in [0, 0.1) is 11.2 Å². The molecule has 8 nitrogen and oxygen atoms in total. The van der Waals surface area contributed by atoms with E-state index in [0.29, 0.717) is 58.9 Å². The zero-order chi connectivity index (χ0) is 28.1. The number of halogens is 3. The van der Waals surface area contributed by atoms with Crippen molar-refractivity contribution in [2.24, 2.45) is 12.5 Å². The molecular weight excluding hydrogens is 509 g/mol. The lowest BCUT2D eigenvalue weighted by atomic mass is 9.96. The largest absolute Gasteiger partial charge is 0.383 e. The van der Waals surface area contributed by atoms with Gasteiger partial charge in [0, 0.05) is 42.9 Å². The Morgan fingerprint density at radius 2 is 1.90 bits per heavy atom. The van der Waals surface area contributed by atoms with Gasteiger partial charge in [-0.25, -0.2) is 23.2 Å². The minimum absolute atomic E-state index is 0.194. The summed E-state index contributed by atoms with van der Waals surface area (Å²) in [6.45, 7) is 1.10. The van der Waals surface area contributed by atoms with Gasteiger partial charge in [0.25, 0.3) is 5.91 Å². The molecule has 2 amide bonds. The van der Waals surface area contributed by atoms with Crippen LogP contribution in [0.5, 0.6) is 0 Å². The molecule has 1 fully saturated rings. The molecule has 0 atom stereocenters. The van der Waals surface area contributed by atoms with Crippen molar-refractivity contribution in [3.8, 4) is 0 Å². The SMILES string of the molecule is CC(=O)N(C)N(Cc1ccc(CCC2(C(F)F)CC2)cc1F)C(=O)c1ccc2nc(N)c3cnn(C)c3c2c1. The van der Waals surface area contributed by atoms with E-state index < -0.39 is 29.5 Å². The molecule has 204 valence electrons. The number of rotatable bonds is 7. The van der Waals surface area contributed by atoms with E-state index >= 15 is 4.39 Å². The zero-order valence-corrected chi connectivity index (χ0v) is 21.9. The Hall–Kier alpha value is -4.15. The highest BCUT2D eigenvalue weighted by Gasteiger charge is 2.50. The highest BCUT2D eigenvalue weighted by molar-refractivity contribution is 6.10. The number of nitrogen functional groups attached to an aromatic ring is 1. The molecule has 0 saturated heterocycles. The summed E-state index contributed by atoms with van der Waals surface area (Å²) in [7, 11) is 3.20. The number of fused-ring (bicyclic) bond motifs is 3. The average Bonchev–Trinajstić information content (AvgIpc) is 3.60. The number of pyridine rings is 1. The predicted molar refractivity (Wildman–Crippen MR) is 141 cm³/mol. The number of benzene rings is 2. The lowest BCUT2D eigenvalue weighted by Crippen LogP contribution is -2.46. The number of nitrogens with two attached hydrogens (primary N) is 1. The average molecular weight is 539 g/mol. The fraction of sp³-hybridized carbons (Fsp3) is 0.357. The maximum Gasteiger partial charge on any atom is 0.272 e. The number of aromatic nitrogens is 3. The summed E-state index contributed by atoms with van der Waals surface area (Å²) in [5.41, 5.74) is 7.49. The first-order valence-electron chi connectivity index (χ1n) is 12.6. The molecule has 2 N–H and O–H groups in total. The van der Waals surface area contributed by atoms with Crippen molar-refractivity contribution in [2.45, 2.75) is 45.6 Å². The Kier molecular flexibility index (Phi) is 6.69. The van der Waals surface area contributed by atoms with Crippen LogP contribution in [-0.4, -0.2) is 50.1 Å². The number of amides is 2. The molecule has 1 aliphatic rings. The van der Waals surface area contributed by atoms with Gasteiger partial charge >= 0.3 is 0 Å². The van der Waals surface area contributed by atoms with E-state index in [1.54, 1.807) is 42.2 Å². The molecule has 1 aliphatic carbocycles. The van der Waals surface area contributed by atoms with Crippen LogP contribution in [0.25, 0.3) is 21.8 Å². The van der Waals surface area contributed by atoms with Gasteiger partial charge in [-0.2, -0.15) is 5.10 Å². The Bertz CT molecular complexity index is 1600. The number of carbonyl (C=O) groups is 2. The first-order valence-corrected chi connectivity index (χ1v) is 12.6. The smallest absolute Gasteiger partial charge is 0.272 e. The van der Waals surface area contributed by atoms with Gasteiger partial charge in [0.15, 0.2) is 0 Å². The standard InChI is InChI=1S/C28H29F3N6O2/c1-16(38)36(3)37(15-19-5-4-17(12-22(19)29)8-9-28(10-11-28)27(30)31)26(39)18-6-7-23-20(13-18)24-21(25(32)34-23)14-33-35(24)2/h4-7,12-14,27H,8-11,15H2,1-3H3,(H2,32,34). The third-order valence-corrected chi connectivity index (χ3v) is 7.71. The molecular formula is C28H29F3N6O2. The summed E-state index contributed by atoms with van der Waals surface area (Å²) in [5.74, 6) is -1.17. The summed E-state index contributed by atoms with van der Waals surface area (Å²) < 4.78 is 43.3. The van der Waals surface area contributed by atoms with Gasteiger partial charge in [0.1, 0.15) is 11.6 Å². The van der Waals surface area contributed by atoms with Crippen molar-refractivity contribution in [3.05, 3.63) is 65.1 Å². The molecule has 0 radical (unpaired) electrons. The molecule has 0 unspecified atom stereocenters. The van der Waals surface area contributed by atoms with Gasteiger partial charge in [-0.05, 0) is 55.5 Å². The van der Waals surface area contributed by atoms with E-state index in [4.69, 9.17) is 5.73 Å². The van der Waals surface area contributed by atoms with E-state index in [1.807, 2.05) is 0 Å². The molecule has 2 aromatic heterocycles. The quantitative estimate of drug-likeness (QED) is 0.339. The van der Waals surface area contributed by atoms with Crippen molar-refractivity contribution in [1.82, 2.24) is 24.8 Å². The second kappa shape index (κ2) is 9.87. The fourth-order valence-corrected chi connectivity index (χ4v) is 4.89. The van der Waals surface area contributed by atoms with Gasteiger partial charge in [0.2, 0.25) is 12.3 Å². The summed E-state index contributed by atoms with van der Waals surface area (Å²) >= 11 is 0. The Labute approximate surface area is 223 Å². The lowest BCUT2D eigenvalue weighted by molar-refractivity contribution is -0.140. The van der Waals surface area contributed by atoms with Gasteiger partial charge in [-0.3, -0.25) is 19.3 Å². The van der Waals surface area contributed by atoms with Crippen LogP contribution >= 0.6 is 0 Å². The van der Waals surface area contributed by atoms with Crippen LogP contribution in [0.4, 0.5) is 19.0 Å². The molecule has 5 rings (SSSR count). The van der Waals surface area contributed by atoms with E-state index in [-0.39, 0.29) is 17.7 Å². The van der Waals surface area contributed by atoms with Crippen molar-refractivity contribution in [2.75, 3.05) is 12.8 Å². The minimum Gasteiger partial charge on any atom is -0.383 e. The van der Waals surface area contributed by atoms with E-state index in [9.17, 15) is 18.4 Å². The van der Waals surface area contributed by atoms with Gasteiger partial charge in [-0.1, -0.05) is 12.1 Å². The molecule has 4 aromatic rings. The van der Waals surface area contributed by atoms with Crippen molar-refractivity contribution in [1.29, 1.82) is 0 Å². The number of hydrogen-bond acceptors (Lipinski definition) is 5. The second-order valence-electron chi connectivity index (χ2n) is 10.3.